The largest absolute Gasteiger partial charge is 0.421 e. The van der Waals surface area contributed by atoms with Gasteiger partial charge in [-0.3, -0.25) is 10.1 Å². The summed E-state index contributed by atoms with van der Waals surface area (Å²) in [5.74, 6) is -0.506. The van der Waals surface area contributed by atoms with Crippen molar-refractivity contribution >= 4 is 16.7 Å². The molecule has 0 amide bonds. The molecule has 5 heteroatoms. The highest BCUT2D eigenvalue weighted by Gasteiger charge is 2.14. The Labute approximate surface area is 103 Å². The van der Waals surface area contributed by atoms with E-state index in [1.54, 1.807) is 12.1 Å². The topological polar surface area (TPSA) is 69.4 Å². The zero-order chi connectivity index (χ0) is 13.1. The van der Waals surface area contributed by atoms with E-state index in [0.29, 0.717) is 5.75 Å². The molecule has 0 unspecified atom stereocenters. The molecule has 2 aromatic carbocycles. The zero-order valence-electron chi connectivity index (χ0n) is 9.75. The molecule has 0 radical (unpaired) electrons. The van der Waals surface area contributed by atoms with Crippen LogP contribution in [0.3, 0.4) is 0 Å². The van der Waals surface area contributed by atoms with E-state index in [1.165, 1.54) is 0 Å². The van der Waals surface area contributed by atoms with Gasteiger partial charge >= 0.3 is 5.97 Å². The van der Waals surface area contributed by atoms with E-state index in [2.05, 4.69) is 0 Å². The zero-order valence-corrected chi connectivity index (χ0v) is 9.75. The quantitative estimate of drug-likeness (QED) is 0.360. The number of ether oxygens (including phenoxy) is 1. The van der Waals surface area contributed by atoms with Crippen molar-refractivity contribution in [2.75, 3.05) is 6.54 Å². The highest BCUT2D eigenvalue weighted by molar-refractivity contribution is 5.93. The molecule has 0 atom stereocenters. The average Bonchev–Trinajstić information content (AvgIpc) is 2.28. The van der Waals surface area contributed by atoms with Crippen LogP contribution in [-0.2, 0) is 4.79 Å². The van der Waals surface area contributed by atoms with Crippen molar-refractivity contribution in [3.8, 4) is 5.75 Å². The molecule has 0 aliphatic heterocycles. The second-order valence-corrected chi connectivity index (χ2v) is 3.89. The number of hydrogen-bond acceptors (Lipinski definition) is 4. The van der Waals surface area contributed by atoms with Crippen molar-refractivity contribution in [1.82, 2.24) is 0 Å². The van der Waals surface area contributed by atoms with Gasteiger partial charge in [0.2, 0.25) is 0 Å². The molecule has 0 saturated carbocycles. The van der Waals surface area contributed by atoms with Crippen LogP contribution in [-0.4, -0.2) is 17.4 Å². The lowest BCUT2D eigenvalue weighted by Gasteiger charge is -2.08. The molecule has 0 saturated heterocycles. The van der Waals surface area contributed by atoms with Gasteiger partial charge in [-0.15, -0.1) is 0 Å². The van der Waals surface area contributed by atoms with E-state index in [9.17, 15) is 14.9 Å². The van der Waals surface area contributed by atoms with Crippen LogP contribution in [0.2, 0.25) is 0 Å². The third-order valence-corrected chi connectivity index (χ3v) is 2.56. The number of aryl methyl sites for hydroxylation is 1. The number of esters is 1. The van der Waals surface area contributed by atoms with Gasteiger partial charge in [0, 0.05) is 10.3 Å². The summed E-state index contributed by atoms with van der Waals surface area (Å²) in [6.45, 7) is 1.06. The fourth-order valence-electron chi connectivity index (χ4n) is 1.83. The van der Waals surface area contributed by atoms with Gasteiger partial charge in [0.25, 0.3) is 6.54 Å². The molecule has 0 aliphatic carbocycles. The lowest BCUT2D eigenvalue weighted by atomic mass is 10.0. The molecule has 2 aromatic rings. The maximum absolute atomic E-state index is 11.3. The fraction of sp³-hybridized carbons (Fsp3) is 0.154. The number of carbonyl (C=O) groups excluding carboxylic acids is 1. The van der Waals surface area contributed by atoms with Crippen LogP contribution in [0, 0.1) is 17.0 Å². The van der Waals surface area contributed by atoms with Gasteiger partial charge in [0.1, 0.15) is 5.75 Å². The van der Waals surface area contributed by atoms with Crippen molar-refractivity contribution in [3.05, 3.63) is 52.1 Å². The van der Waals surface area contributed by atoms with Crippen molar-refractivity contribution in [3.63, 3.8) is 0 Å². The van der Waals surface area contributed by atoms with Crippen molar-refractivity contribution < 1.29 is 14.5 Å². The minimum absolute atomic E-state index is 0.359. The molecule has 5 nitrogen and oxygen atoms in total. The van der Waals surface area contributed by atoms with Crippen LogP contribution in [0.25, 0.3) is 10.8 Å². The maximum Gasteiger partial charge on any atom is 0.383 e. The van der Waals surface area contributed by atoms with Gasteiger partial charge in [-0.05, 0) is 23.9 Å². The smallest absolute Gasteiger partial charge is 0.383 e. The fourth-order valence-corrected chi connectivity index (χ4v) is 1.83. The van der Waals surface area contributed by atoms with Gasteiger partial charge in [-0.25, -0.2) is 4.79 Å². The molecule has 18 heavy (non-hydrogen) atoms. The number of rotatable bonds is 3. The Morgan fingerprint density at radius 1 is 1.28 bits per heavy atom. The number of benzene rings is 2. The van der Waals surface area contributed by atoms with E-state index >= 15 is 0 Å². The van der Waals surface area contributed by atoms with Crippen LogP contribution in [0.1, 0.15) is 5.56 Å². The van der Waals surface area contributed by atoms with E-state index in [1.807, 2.05) is 31.2 Å². The Morgan fingerprint density at radius 2 is 1.94 bits per heavy atom. The summed E-state index contributed by atoms with van der Waals surface area (Å²) in [5.41, 5.74) is 0.956. The normalized spacial score (nSPS) is 10.3. The molecule has 92 valence electrons. The molecule has 0 heterocycles. The molecule has 0 aliphatic rings. The molecule has 0 bridgehead atoms. The molecule has 2 rings (SSSR count). The van der Waals surface area contributed by atoms with E-state index in [0.717, 1.165) is 16.3 Å². The van der Waals surface area contributed by atoms with Crippen LogP contribution in [0.4, 0.5) is 0 Å². The van der Waals surface area contributed by atoms with Gasteiger partial charge in [-0.1, -0.05) is 30.3 Å². The van der Waals surface area contributed by atoms with Gasteiger partial charge < -0.3 is 4.74 Å². The summed E-state index contributed by atoms with van der Waals surface area (Å²) in [6, 6.07) is 11.0. The first-order chi connectivity index (χ1) is 8.58. The first kappa shape index (κ1) is 12.0. The first-order valence-corrected chi connectivity index (χ1v) is 5.39. The molecular formula is C13H11NO4. The number of nitrogens with zero attached hydrogens (tertiary/aromatic N) is 1. The third-order valence-electron chi connectivity index (χ3n) is 2.56. The van der Waals surface area contributed by atoms with Gasteiger partial charge in [0.15, 0.2) is 0 Å². The van der Waals surface area contributed by atoms with Crippen LogP contribution in [0.5, 0.6) is 5.75 Å². The van der Waals surface area contributed by atoms with E-state index in [-0.39, 0.29) is 0 Å². The lowest BCUT2D eigenvalue weighted by Crippen LogP contribution is -2.19. The average molecular weight is 245 g/mol. The molecular weight excluding hydrogens is 234 g/mol. The summed E-state index contributed by atoms with van der Waals surface area (Å²) < 4.78 is 5.04. The molecule has 0 aromatic heterocycles. The van der Waals surface area contributed by atoms with Gasteiger partial charge in [0.05, 0.1) is 0 Å². The monoisotopic (exact) mass is 245 g/mol. The number of nitro groups is 1. The number of fused-ring (bicyclic) bond motifs is 1. The minimum atomic E-state index is -0.865. The Kier molecular flexibility index (Phi) is 3.23. The Balaban J connectivity index is 2.39. The van der Waals surface area contributed by atoms with E-state index in [4.69, 9.17) is 4.74 Å². The Morgan fingerprint density at radius 3 is 2.61 bits per heavy atom. The second-order valence-electron chi connectivity index (χ2n) is 3.89. The van der Waals surface area contributed by atoms with Crippen molar-refractivity contribution in [1.29, 1.82) is 0 Å². The highest BCUT2D eigenvalue weighted by atomic mass is 16.6. The minimum Gasteiger partial charge on any atom is -0.421 e. The summed E-state index contributed by atoms with van der Waals surface area (Å²) in [5, 5.41) is 12.0. The molecule has 0 N–H and O–H groups in total. The van der Waals surface area contributed by atoms with Crippen molar-refractivity contribution in [2.24, 2.45) is 0 Å². The summed E-state index contributed by atoms with van der Waals surface area (Å²) in [6.07, 6.45) is 0. The maximum atomic E-state index is 11.3. The Hall–Kier alpha value is -2.43. The standard InChI is InChI=1S/C13H11NO4/c1-9-4-2-5-10-6-3-7-11(13(9)10)18-12(15)8-14(16)17/h2-7H,8H2,1H3. The van der Waals surface area contributed by atoms with Crippen LogP contribution >= 0.6 is 0 Å². The van der Waals surface area contributed by atoms with Crippen LogP contribution in [0.15, 0.2) is 36.4 Å². The number of hydrogen-bond donors (Lipinski definition) is 0. The Bertz CT molecular complexity index is 616. The predicted molar refractivity (Wildman–Crippen MR) is 66.2 cm³/mol. The van der Waals surface area contributed by atoms with Crippen molar-refractivity contribution in [2.45, 2.75) is 6.92 Å². The summed E-state index contributed by atoms with van der Waals surface area (Å²) in [4.78, 5) is 20.8. The third kappa shape index (κ3) is 2.45. The lowest BCUT2D eigenvalue weighted by molar-refractivity contribution is -0.469. The van der Waals surface area contributed by atoms with Crippen LogP contribution < -0.4 is 4.74 Å². The summed E-state index contributed by atoms with van der Waals surface area (Å²) in [7, 11) is 0. The summed E-state index contributed by atoms with van der Waals surface area (Å²) >= 11 is 0. The second kappa shape index (κ2) is 4.83. The number of carbonyl (C=O) groups is 1. The molecule has 0 fully saturated rings. The van der Waals surface area contributed by atoms with Gasteiger partial charge in [-0.2, -0.15) is 0 Å². The van der Waals surface area contributed by atoms with E-state index < -0.39 is 17.4 Å². The molecule has 0 spiro atoms. The first-order valence-electron chi connectivity index (χ1n) is 5.39. The SMILES string of the molecule is Cc1cccc2cccc(OC(=O)C[N+](=O)[O-])c12. The highest BCUT2D eigenvalue weighted by Crippen LogP contribution is 2.28. The predicted octanol–water partition coefficient (Wildman–Crippen LogP) is 2.33.